The predicted octanol–water partition coefficient (Wildman–Crippen LogP) is 14.9. The van der Waals surface area contributed by atoms with Gasteiger partial charge in [-0.25, -0.2) is 0 Å². The van der Waals surface area contributed by atoms with Gasteiger partial charge in [-0.1, -0.05) is 97.1 Å². The van der Waals surface area contributed by atoms with Crippen LogP contribution in [0.4, 0.5) is 34.1 Å². The van der Waals surface area contributed by atoms with Crippen LogP contribution < -0.4 is 9.80 Å². The summed E-state index contributed by atoms with van der Waals surface area (Å²) in [5.41, 5.74) is 10.9. The molecule has 0 amide bonds. The van der Waals surface area contributed by atoms with E-state index in [1.54, 1.807) is 0 Å². The normalized spacial score (nSPS) is 12.0. The summed E-state index contributed by atoms with van der Waals surface area (Å²) >= 11 is 1.87. The van der Waals surface area contributed by atoms with Crippen LogP contribution in [0.2, 0.25) is 0 Å². The second kappa shape index (κ2) is 11.7. The smallest absolute Gasteiger partial charge is 0.213 e. The lowest BCUT2D eigenvalue weighted by atomic mass is 10.0. The van der Waals surface area contributed by atoms with Gasteiger partial charge >= 0.3 is 0 Å². The molecule has 0 N–H and O–H groups in total. The molecule has 0 saturated heterocycles. The molecule has 5 heteroatoms. The molecule has 0 unspecified atom stereocenters. The Labute approximate surface area is 320 Å². The molecule has 0 radical (unpaired) electrons. The Morgan fingerprint density at radius 2 is 1.02 bits per heavy atom. The van der Waals surface area contributed by atoms with Crippen LogP contribution in [0, 0.1) is 0 Å². The second-order valence-corrected chi connectivity index (χ2v) is 15.2. The molecule has 8 aromatic carbocycles. The van der Waals surface area contributed by atoms with E-state index in [4.69, 9.17) is 4.42 Å². The number of aromatic nitrogens is 1. The molecule has 0 bridgehead atoms. The van der Waals surface area contributed by atoms with Crippen LogP contribution in [0.15, 0.2) is 192 Å². The Morgan fingerprint density at radius 1 is 0.418 bits per heavy atom. The lowest BCUT2D eigenvalue weighted by molar-refractivity contribution is 0.652. The van der Waals surface area contributed by atoms with Gasteiger partial charge < -0.3 is 14.2 Å². The summed E-state index contributed by atoms with van der Waals surface area (Å²) in [5, 5.41) is 8.29. The highest BCUT2D eigenvalue weighted by molar-refractivity contribution is 7.26. The minimum absolute atomic E-state index is 0.889. The van der Waals surface area contributed by atoms with Gasteiger partial charge in [0.15, 0.2) is 0 Å². The third-order valence-corrected chi connectivity index (χ3v) is 12.2. The van der Waals surface area contributed by atoms with Crippen LogP contribution in [-0.2, 0) is 0 Å². The topological polar surface area (TPSA) is 24.0 Å². The van der Waals surface area contributed by atoms with E-state index in [1.165, 1.54) is 42.0 Å². The molecule has 0 atom stereocenters. The highest BCUT2D eigenvalue weighted by atomic mass is 32.1. The van der Waals surface area contributed by atoms with Crippen LogP contribution in [0.1, 0.15) is 0 Å². The first-order valence-corrected chi connectivity index (χ1v) is 19.4. The van der Waals surface area contributed by atoms with Gasteiger partial charge in [-0.15, -0.1) is 11.3 Å². The number of nitrogens with zero attached hydrogens (tertiary/aromatic N) is 3. The van der Waals surface area contributed by atoms with E-state index in [9.17, 15) is 0 Å². The third kappa shape index (κ3) is 4.45. The summed E-state index contributed by atoms with van der Waals surface area (Å²) in [5.74, 6) is 0. The van der Waals surface area contributed by atoms with Crippen molar-refractivity contribution in [3.05, 3.63) is 188 Å². The molecule has 0 fully saturated rings. The van der Waals surface area contributed by atoms with Gasteiger partial charge in [-0.05, 0) is 102 Å². The van der Waals surface area contributed by atoms with Crippen molar-refractivity contribution >= 4 is 115 Å². The van der Waals surface area contributed by atoms with Gasteiger partial charge in [0, 0.05) is 54.7 Å². The first-order valence-electron chi connectivity index (χ1n) is 18.6. The Kier molecular flexibility index (Phi) is 6.47. The fourth-order valence-electron chi connectivity index (χ4n) is 8.72. The Morgan fingerprint density at radius 3 is 1.67 bits per heavy atom. The lowest BCUT2D eigenvalue weighted by Gasteiger charge is -2.26. The fraction of sp³-hybridized carbons (Fsp3) is 0. The number of furan rings is 1. The van der Waals surface area contributed by atoms with Crippen LogP contribution in [-0.4, -0.2) is 4.40 Å². The molecule has 4 nitrogen and oxygen atoms in total. The summed E-state index contributed by atoms with van der Waals surface area (Å²) in [7, 11) is 0. The van der Waals surface area contributed by atoms with E-state index in [0.717, 1.165) is 61.6 Å². The van der Waals surface area contributed by atoms with Crippen molar-refractivity contribution in [3.8, 4) is 0 Å². The first-order chi connectivity index (χ1) is 27.3. The molecule has 0 aliphatic carbocycles. The maximum absolute atomic E-state index is 7.06. The molecule has 4 heterocycles. The van der Waals surface area contributed by atoms with Gasteiger partial charge in [0.2, 0.25) is 5.71 Å². The zero-order valence-corrected chi connectivity index (χ0v) is 30.4. The molecular weight excluding hydrogens is 691 g/mol. The maximum Gasteiger partial charge on any atom is 0.213 e. The molecular formula is C50H31N3OS. The molecule has 0 spiro atoms. The molecule has 12 rings (SSSR count). The van der Waals surface area contributed by atoms with Gasteiger partial charge in [-0.2, -0.15) is 0 Å². The summed E-state index contributed by atoms with van der Waals surface area (Å²) in [6.45, 7) is 0. The number of para-hydroxylation sites is 4. The van der Waals surface area contributed by atoms with E-state index in [-0.39, 0.29) is 0 Å². The number of anilines is 6. The van der Waals surface area contributed by atoms with E-state index < -0.39 is 0 Å². The van der Waals surface area contributed by atoms with Crippen molar-refractivity contribution in [1.29, 1.82) is 0 Å². The van der Waals surface area contributed by atoms with Crippen molar-refractivity contribution in [1.82, 2.24) is 4.40 Å². The Bertz CT molecular complexity index is 3290. The molecule has 0 aliphatic rings. The fourth-order valence-corrected chi connectivity index (χ4v) is 9.96. The zero-order chi connectivity index (χ0) is 36.0. The first kappa shape index (κ1) is 30.4. The Balaban J connectivity index is 1.13. The monoisotopic (exact) mass is 721 g/mol. The number of hydrogen-bond acceptors (Lipinski definition) is 4. The summed E-state index contributed by atoms with van der Waals surface area (Å²) < 4.78 is 12.0. The second-order valence-electron chi connectivity index (χ2n) is 14.1. The molecule has 55 heavy (non-hydrogen) atoms. The average Bonchev–Trinajstić information content (AvgIpc) is 3.98. The van der Waals surface area contributed by atoms with E-state index in [0.29, 0.717) is 0 Å². The number of thiophene rings is 1. The highest BCUT2D eigenvalue weighted by Gasteiger charge is 2.29. The van der Waals surface area contributed by atoms with Crippen LogP contribution in [0.3, 0.4) is 0 Å². The third-order valence-electron chi connectivity index (χ3n) is 11.0. The number of hydrogen-bond donors (Lipinski definition) is 0. The molecule has 12 aromatic rings. The van der Waals surface area contributed by atoms with Gasteiger partial charge in [0.1, 0.15) is 5.58 Å². The van der Waals surface area contributed by atoms with Crippen LogP contribution >= 0.6 is 11.3 Å². The Hall–Kier alpha value is -7.08. The quantitative estimate of drug-likeness (QED) is 0.171. The van der Waals surface area contributed by atoms with Gasteiger partial charge in [0.05, 0.1) is 26.8 Å². The van der Waals surface area contributed by atoms with E-state index in [1.807, 2.05) is 11.3 Å². The number of rotatable bonds is 6. The SMILES string of the molecule is c1ccc(N(c2ccccc2)c2ccc3cc4c(cc3c2)oc2c4c3ccc(N(c4ccccc4)c4ccccc4)c4c5sc6ccccc6c5n2c34)cc1. The summed E-state index contributed by atoms with van der Waals surface area (Å²) in [6.07, 6.45) is 0. The molecule has 0 saturated carbocycles. The predicted molar refractivity (Wildman–Crippen MR) is 233 cm³/mol. The van der Waals surface area contributed by atoms with Crippen molar-refractivity contribution in [2.45, 2.75) is 0 Å². The maximum atomic E-state index is 7.06. The molecule has 258 valence electrons. The van der Waals surface area contributed by atoms with E-state index >= 15 is 0 Å². The van der Waals surface area contributed by atoms with Crippen molar-refractivity contribution in [3.63, 3.8) is 0 Å². The highest BCUT2D eigenvalue weighted by Crippen LogP contribution is 2.52. The number of fused-ring (bicyclic) bond motifs is 11. The van der Waals surface area contributed by atoms with Crippen LogP contribution in [0.25, 0.3) is 69.4 Å². The minimum atomic E-state index is 0.889. The average molecular weight is 722 g/mol. The molecule has 0 aliphatic heterocycles. The van der Waals surface area contributed by atoms with Crippen LogP contribution in [0.5, 0.6) is 0 Å². The number of benzene rings is 8. The van der Waals surface area contributed by atoms with E-state index in [2.05, 4.69) is 202 Å². The largest absolute Gasteiger partial charge is 0.439 e. The van der Waals surface area contributed by atoms with Crippen molar-refractivity contribution in [2.75, 3.05) is 9.80 Å². The van der Waals surface area contributed by atoms with Gasteiger partial charge in [0.25, 0.3) is 0 Å². The summed E-state index contributed by atoms with van der Waals surface area (Å²) in [6, 6.07) is 67.2. The van der Waals surface area contributed by atoms with Crippen molar-refractivity contribution in [2.24, 2.45) is 0 Å². The molecule has 4 aromatic heterocycles. The standard InChI is InChI=1S/C50H31N3OS/c1-5-15-34(16-6-1)51(35-17-7-2-8-18-35)38-26-25-32-30-41-43(31-33(32)29-38)54-50-45(41)40-27-28-42(52(36-19-9-3-10-20-36)37-21-11-4-12-22-37)46-47(40)53(50)48-39-23-13-14-24-44(39)55-49(46)48/h1-31H. The summed E-state index contributed by atoms with van der Waals surface area (Å²) in [4.78, 5) is 4.70. The van der Waals surface area contributed by atoms with Crippen molar-refractivity contribution < 1.29 is 4.42 Å². The lowest BCUT2D eigenvalue weighted by Crippen LogP contribution is -2.10. The zero-order valence-electron chi connectivity index (χ0n) is 29.6. The minimum Gasteiger partial charge on any atom is -0.439 e. The van der Waals surface area contributed by atoms with Gasteiger partial charge in [-0.3, -0.25) is 4.40 Å².